The maximum absolute atomic E-state index is 4.90. The van der Waals surface area contributed by atoms with Crippen molar-refractivity contribution < 1.29 is 0 Å². The van der Waals surface area contributed by atoms with E-state index in [-0.39, 0.29) is 0 Å². The molecule has 0 bridgehead atoms. The Morgan fingerprint density at radius 1 is 1.42 bits per heavy atom. The van der Waals surface area contributed by atoms with Crippen LogP contribution in [-0.4, -0.2) is 40.6 Å². The molecule has 3 rings (SSSR count). The van der Waals surface area contributed by atoms with E-state index in [1.807, 2.05) is 0 Å². The molecule has 0 aliphatic carbocycles. The summed E-state index contributed by atoms with van der Waals surface area (Å²) in [6.07, 6.45) is 3.81. The zero-order valence-corrected chi connectivity index (χ0v) is 12.4. The van der Waals surface area contributed by atoms with Gasteiger partial charge in [-0.2, -0.15) is 0 Å². The van der Waals surface area contributed by atoms with Gasteiger partial charge in [-0.3, -0.25) is 0 Å². The Hall–Kier alpha value is -0.870. The van der Waals surface area contributed by atoms with Crippen LogP contribution in [0.1, 0.15) is 49.8 Å². The number of nitrogens with one attached hydrogen (secondary N) is 1. The topological polar surface area (TPSA) is 33.1 Å². The highest BCUT2D eigenvalue weighted by Gasteiger charge is 2.26. The fourth-order valence-corrected chi connectivity index (χ4v) is 3.46. The van der Waals surface area contributed by atoms with Gasteiger partial charge < -0.3 is 14.8 Å². The van der Waals surface area contributed by atoms with Crippen molar-refractivity contribution in [3.8, 4) is 0 Å². The average Bonchev–Trinajstić information content (AvgIpc) is 2.95. The van der Waals surface area contributed by atoms with Crippen LogP contribution in [0.15, 0.2) is 0 Å². The molecule has 0 radical (unpaired) electrons. The highest BCUT2D eigenvalue weighted by atomic mass is 15.2. The second kappa shape index (κ2) is 5.25. The Labute approximate surface area is 116 Å². The molecule has 1 atom stereocenters. The van der Waals surface area contributed by atoms with E-state index in [0.717, 1.165) is 26.1 Å². The first kappa shape index (κ1) is 13.1. The van der Waals surface area contributed by atoms with E-state index < -0.39 is 0 Å². The first-order valence-electron chi connectivity index (χ1n) is 7.66. The summed E-state index contributed by atoms with van der Waals surface area (Å²) in [4.78, 5) is 7.41. The highest BCUT2D eigenvalue weighted by Crippen LogP contribution is 2.25. The van der Waals surface area contributed by atoms with Crippen molar-refractivity contribution in [2.75, 3.05) is 20.1 Å². The summed E-state index contributed by atoms with van der Waals surface area (Å²) in [5.41, 5.74) is 2.78. The van der Waals surface area contributed by atoms with Gasteiger partial charge in [0.25, 0.3) is 0 Å². The van der Waals surface area contributed by atoms with Crippen LogP contribution in [0, 0.1) is 0 Å². The van der Waals surface area contributed by atoms with Gasteiger partial charge in [0, 0.05) is 43.7 Å². The molecule has 106 valence electrons. The highest BCUT2D eigenvalue weighted by molar-refractivity contribution is 5.22. The predicted molar refractivity (Wildman–Crippen MR) is 77.4 cm³/mol. The number of imidazole rings is 1. The van der Waals surface area contributed by atoms with E-state index in [1.165, 1.54) is 36.6 Å². The lowest BCUT2D eigenvalue weighted by Gasteiger charge is -2.24. The normalized spacial score (nSPS) is 24.1. The molecule has 0 spiro atoms. The number of nitrogens with zero attached hydrogens (tertiary/aromatic N) is 3. The monoisotopic (exact) mass is 262 g/mol. The third-order valence-corrected chi connectivity index (χ3v) is 4.60. The molecule has 3 heterocycles. The second-order valence-corrected chi connectivity index (χ2v) is 6.33. The molecule has 2 aliphatic rings. The molecule has 19 heavy (non-hydrogen) atoms. The number of rotatable bonds is 3. The number of fused-ring (bicyclic) bond motifs is 1. The quantitative estimate of drug-likeness (QED) is 0.901. The first-order valence-corrected chi connectivity index (χ1v) is 7.66. The fraction of sp³-hybridized carbons (Fsp3) is 0.800. The predicted octanol–water partition coefficient (Wildman–Crippen LogP) is 1.75. The van der Waals surface area contributed by atoms with Crippen molar-refractivity contribution in [1.82, 2.24) is 19.8 Å². The number of aromatic nitrogens is 2. The van der Waals surface area contributed by atoms with Gasteiger partial charge in [-0.15, -0.1) is 0 Å². The molecular formula is C15H26N4. The lowest BCUT2D eigenvalue weighted by molar-refractivity contribution is 0.276. The number of hydrogen-bond acceptors (Lipinski definition) is 3. The van der Waals surface area contributed by atoms with Crippen LogP contribution in [-0.2, 0) is 19.5 Å². The maximum Gasteiger partial charge on any atom is 0.111 e. The van der Waals surface area contributed by atoms with Gasteiger partial charge in [-0.25, -0.2) is 4.98 Å². The van der Waals surface area contributed by atoms with E-state index in [9.17, 15) is 0 Å². The van der Waals surface area contributed by atoms with Crippen LogP contribution >= 0.6 is 0 Å². The molecule has 0 amide bonds. The molecule has 1 aromatic heterocycles. The smallest absolute Gasteiger partial charge is 0.111 e. The van der Waals surface area contributed by atoms with Gasteiger partial charge in [-0.1, -0.05) is 13.8 Å². The molecular weight excluding hydrogens is 236 g/mol. The summed E-state index contributed by atoms with van der Waals surface area (Å²) < 4.78 is 2.54. The summed E-state index contributed by atoms with van der Waals surface area (Å²) in [6.45, 7) is 8.94. The van der Waals surface area contributed by atoms with Crippen LogP contribution in [0.5, 0.6) is 0 Å². The minimum Gasteiger partial charge on any atom is -0.330 e. The van der Waals surface area contributed by atoms with Gasteiger partial charge in [0.2, 0.25) is 0 Å². The van der Waals surface area contributed by atoms with Gasteiger partial charge >= 0.3 is 0 Å². The van der Waals surface area contributed by atoms with Crippen molar-refractivity contribution in [2.45, 2.75) is 58.2 Å². The van der Waals surface area contributed by atoms with Crippen molar-refractivity contribution in [3.63, 3.8) is 0 Å². The molecule has 1 saturated heterocycles. The molecule has 0 aromatic carbocycles. The third kappa shape index (κ3) is 2.43. The standard InChI is InChI=1S/C15H26N4/c1-11(2)15-17-13-9-16-7-6-14(13)19(15)10-12-5-4-8-18(12)3/h11-12,16H,4-10H2,1-3H3. The average molecular weight is 262 g/mol. The molecule has 1 fully saturated rings. The lowest BCUT2D eigenvalue weighted by atomic mass is 10.1. The summed E-state index contributed by atoms with van der Waals surface area (Å²) in [7, 11) is 2.26. The maximum atomic E-state index is 4.90. The van der Waals surface area contributed by atoms with Gasteiger partial charge in [-0.05, 0) is 26.4 Å². The molecule has 1 aromatic rings. The number of hydrogen-bond donors (Lipinski definition) is 1. The molecule has 0 saturated carbocycles. The summed E-state index contributed by atoms with van der Waals surface area (Å²) >= 11 is 0. The van der Waals surface area contributed by atoms with Crippen molar-refractivity contribution >= 4 is 0 Å². The summed E-state index contributed by atoms with van der Waals surface area (Å²) in [5.74, 6) is 1.80. The minimum absolute atomic E-state index is 0.511. The van der Waals surface area contributed by atoms with Gasteiger partial charge in [0.1, 0.15) is 5.82 Å². The zero-order chi connectivity index (χ0) is 13.4. The number of likely N-dealkylation sites (tertiary alicyclic amines) is 1. The summed E-state index contributed by atoms with van der Waals surface area (Å²) in [6, 6.07) is 0.700. The molecule has 1 N–H and O–H groups in total. The van der Waals surface area contributed by atoms with Gasteiger partial charge in [0.15, 0.2) is 0 Å². The van der Waals surface area contributed by atoms with E-state index in [4.69, 9.17) is 4.98 Å². The van der Waals surface area contributed by atoms with Crippen LogP contribution in [0.2, 0.25) is 0 Å². The SMILES string of the molecule is CC(C)c1nc2c(n1CC1CCCN1C)CCNC2. The largest absolute Gasteiger partial charge is 0.330 e. The molecule has 4 nitrogen and oxygen atoms in total. The van der Waals surface area contributed by atoms with Crippen molar-refractivity contribution in [2.24, 2.45) is 0 Å². The van der Waals surface area contributed by atoms with Gasteiger partial charge in [0.05, 0.1) is 5.69 Å². The van der Waals surface area contributed by atoms with E-state index in [2.05, 4.69) is 35.7 Å². The van der Waals surface area contributed by atoms with Crippen LogP contribution < -0.4 is 5.32 Å². The van der Waals surface area contributed by atoms with Crippen LogP contribution in [0.4, 0.5) is 0 Å². The third-order valence-electron chi connectivity index (χ3n) is 4.60. The second-order valence-electron chi connectivity index (χ2n) is 6.33. The zero-order valence-electron chi connectivity index (χ0n) is 12.4. The van der Waals surface area contributed by atoms with Crippen molar-refractivity contribution in [1.29, 1.82) is 0 Å². The Balaban J connectivity index is 1.91. The Morgan fingerprint density at radius 2 is 2.26 bits per heavy atom. The summed E-state index contributed by atoms with van der Waals surface area (Å²) in [5, 5.41) is 3.44. The van der Waals surface area contributed by atoms with E-state index in [0.29, 0.717) is 12.0 Å². The molecule has 4 heteroatoms. The minimum atomic E-state index is 0.511. The Bertz CT molecular complexity index is 449. The fourth-order valence-electron chi connectivity index (χ4n) is 3.46. The lowest BCUT2D eigenvalue weighted by Crippen LogP contribution is -2.32. The Morgan fingerprint density at radius 3 is 2.95 bits per heavy atom. The Kier molecular flexibility index (Phi) is 3.63. The molecule has 1 unspecified atom stereocenters. The first-order chi connectivity index (χ1) is 9.16. The van der Waals surface area contributed by atoms with E-state index in [1.54, 1.807) is 0 Å². The number of likely N-dealkylation sites (N-methyl/N-ethyl adjacent to an activating group) is 1. The molecule has 2 aliphatic heterocycles. The van der Waals surface area contributed by atoms with Crippen LogP contribution in [0.25, 0.3) is 0 Å². The van der Waals surface area contributed by atoms with Crippen LogP contribution in [0.3, 0.4) is 0 Å². The van der Waals surface area contributed by atoms with E-state index >= 15 is 0 Å². The van der Waals surface area contributed by atoms with Crippen molar-refractivity contribution in [3.05, 3.63) is 17.2 Å².